The monoisotopic (exact) mass is 319 g/mol. The number of hydrogen-bond acceptors (Lipinski definition) is 3. The first-order valence-electron chi connectivity index (χ1n) is 7.78. The standard InChI is InChI=1S/C17H19F2N3O/c18-17(19)11-22-16(7-9-21-22)15-6-2-1-4-13(15)12-23-14-5-3-8-20-10-14/h3,5,7-10,17H,1-2,4,6,11-12H2. The van der Waals surface area contributed by atoms with E-state index in [1.54, 1.807) is 18.6 Å². The fourth-order valence-corrected chi connectivity index (χ4v) is 2.90. The largest absolute Gasteiger partial charge is 0.488 e. The van der Waals surface area contributed by atoms with E-state index in [0.717, 1.165) is 42.5 Å². The summed E-state index contributed by atoms with van der Waals surface area (Å²) in [5.74, 6) is 0.714. The lowest BCUT2D eigenvalue weighted by atomic mass is 9.90. The van der Waals surface area contributed by atoms with Crippen LogP contribution < -0.4 is 4.74 Å². The minimum absolute atomic E-state index is 0.372. The Morgan fingerprint density at radius 3 is 2.83 bits per heavy atom. The zero-order valence-electron chi connectivity index (χ0n) is 12.8. The van der Waals surface area contributed by atoms with Gasteiger partial charge in [-0.25, -0.2) is 8.78 Å². The van der Waals surface area contributed by atoms with Crippen LogP contribution >= 0.6 is 0 Å². The van der Waals surface area contributed by atoms with Gasteiger partial charge in [0.2, 0.25) is 0 Å². The quantitative estimate of drug-likeness (QED) is 0.809. The molecule has 0 saturated heterocycles. The molecule has 6 heteroatoms. The van der Waals surface area contributed by atoms with Gasteiger partial charge in [0.15, 0.2) is 0 Å². The molecular formula is C17H19F2N3O. The van der Waals surface area contributed by atoms with E-state index in [1.807, 2.05) is 18.2 Å². The second-order valence-electron chi connectivity index (χ2n) is 5.56. The van der Waals surface area contributed by atoms with E-state index in [2.05, 4.69) is 10.1 Å². The Bertz CT molecular complexity index is 667. The summed E-state index contributed by atoms with van der Waals surface area (Å²) in [6.45, 7) is 0.0868. The maximum absolute atomic E-state index is 12.7. The lowest BCUT2D eigenvalue weighted by Gasteiger charge is -2.21. The van der Waals surface area contributed by atoms with Crippen LogP contribution in [0.25, 0.3) is 5.57 Å². The molecule has 0 spiro atoms. The van der Waals surface area contributed by atoms with Crippen molar-refractivity contribution in [2.75, 3.05) is 6.61 Å². The molecule has 0 amide bonds. The van der Waals surface area contributed by atoms with Crippen LogP contribution in [-0.4, -0.2) is 27.8 Å². The molecule has 1 aliphatic carbocycles. The third kappa shape index (κ3) is 3.94. The van der Waals surface area contributed by atoms with Crippen LogP contribution in [0.3, 0.4) is 0 Å². The van der Waals surface area contributed by atoms with Crippen LogP contribution in [0.2, 0.25) is 0 Å². The van der Waals surface area contributed by atoms with Gasteiger partial charge in [-0.2, -0.15) is 5.10 Å². The Morgan fingerprint density at radius 1 is 1.17 bits per heavy atom. The smallest absolute Gasteiger partial charge is 0.257 e. The number of aromatic nitrogens is 3. The molecular weight excluding hydrogens is 300 g/mol. The van der Waals surface area contributed by atoms with Crippen LogP contribution in [0.1, 0.15) is 31.4 Å². The van der Waals surface area contributed by atoms with Gasteiger partial charge >= 0.3 is 0 Å². The lowest BCUT2D eigenvalue weighted by Crippen LogP contribution is -2.14. The van der Waals surface area contributed by atoms with Gasteiger partial charge in [-0.3, -0.25) is 9.67 Å². The van der Waals surface area contributed by atoms with Gasteiger partial charge in [0.1, 0.15) is 18.9 Å². The molecule has 2 aromatic rings. The van der Waals surface area contributed by atoms with Gasteiger partial charge < -0.3 is 4.74 Å². The second kappa shape index (κ2) is 7.35. The van der Waals surface area contributed by atoms with Crippen LogP contribution in [-0.2, 0) is 6.54 Å². The van der Waals surface area contributed by atoms with Gasteiger partial charge in [-0.15, -0.1) is 0 Å². The highest BCUT2D eigenvalue weighted by Gasteiger charge is 2.19. The first-order chi connectivity index (χ1) is 11.2. The molecule has 2 heterocycles. The summed E-state index contributed by atoms with van der Waals surface area (Å²) in [7, 11) is 0. The number of ether oxygens (including phenoxy) is 1. The van der Waals surface area contributed by atoms with Crippen molar-refractivity contribution in [1.29, 1.82) is 0 Å². The van der Waals surface area contributed by atoms with Crippen molar-refractivity contribution >= 4 is 5.57 Å². The van der Waals surface area contributed by atoms with Crippen LogP contribution in [0, 0.1) is 0 Å². The average molecular weight is 319 g/mol. The highest BCUT2D eigenvalue weighted by Crippen LogP contribution is 2.32. The molecule has 0 N–H and O–H groups in total. The van der Waals surface area contributed by atoms with Gasteiger partial charge in [0, 0.05) is 12.4 Å². The number of halogens is 2. The van der Waals surface area contributed by atoms with E-state index in [9.17, 15) is 8.78 Å². The maximum Gasteiger partial charge on any atom is 0.257 e. The van der Waals surface area contributed by atoms with Gasteiger partial charge in [-0.1, -0.05) is 0 Å². The predicted octanol–water partition coefficient (Wildman–Crippen LogP) is 3.95. The van der Waals surface area contributed by atoms with Gasteiger partial charge in [0.05, 0.1) is 11.9 Å². The van der Waals surface area contributed by atoms with Crippen molar-refractivity contribution in [3.8, 4) is 5.75 Å². The zero-order chi connectivity index (χ0) is 16.1. The minimum Gasteiger partial charge on any atom is -0.488 e. The third-order valence-electron chi connectivity index (χ3n) is 3.97. The van der Waals surface area contributed by atoms with Crippen molar-refractivity contribution in [3.63, 3.8) is 0 Å². The van der Waals surface area contributed by atoms with E-state index in [-0.39, 0.29) is 6.54 Å². The fraction of sp³-hybridized carbons (Fsp3) is 0.412. The first-order valence-corrected chi connectivity index (χ1v) is 7.78. The molecule has 1 aliphatic rings. The number of alkyl halides is 2. The predicted molar refractivity (Wildman–Crippen MR) is 83.4 cm³/mol. The first kappa shape index (κ1) is 15.6. The van der Waals surface area contributed by atoms with Crippen molar-refractivity contribution in [1.82, 2.24) is 14.8 Å². The second-order valence-corrected chi connectivity index (χ2v) is 5.56. The molecule has 0 aromatic carbocycles. The Balaban J connectivity index is 1.81. The van der Waals surface area contributed by atoms with Crippen LogP contribution in [0.5, 0.6) is 5.75 Å². The highest BCUT2D eigenvalue weighted by molar-refractivity contribution is 5.67. The maximum atomic E-state index is 12.7. The summed E-state index contributed by atoms with van der Waals surface area (Å²) in [6.07, 6.45) is 6.50. The summed E-state index contributed by atoms with van der Waals surface area (Å²) in [5, 5.41) is 4.04. The number of allylic oxidation sites excluding steroid dienone is 1. The van der Waals surface area contributed by atoms with Crippen molar-refractivity contribution < 1.29 is 13.5 Å². The van der Waals surface area contributed by atoms with E-state index in [0.29, 0.717) is 12.4 Å². The molecule has 2 aromatic heterocycles. The number of nitrogens with zero attached hydrogens (tertiary/aromatic N) is 3. The molecule has 0 fully saturated rings. The number of rotatable bonds is 6. The minimum atomic E-state index is -2.41. The Labute approximate surface area is 133 Å². The SMILES string of the molecule is FC(F)Cn1nccc1C1=C(COc2cccnc2)CCCC1. The Hall–Kier alpha value is -2.24. The summed E-state index contributed by atoms with van der Waals surface area (Å²) in [6, 6.07) is 5.49. The van der Waals surface area contributed by atoms with Gasteiger partial charge in [0.25, 0.3) is 6.43 Å². The third-order valence-corrected chi connectivity index (χ3v) is 3.97. The normalized spacial score (nSPS) is 15.3. The Kier molecular flexibility index (Phi) is 5.00. The zero-order valence-corrected chi connectivity index (χ0v) is 12.8. The summed E-state index contributed by atoms with van der Waals surface area (Å²) in [5.41, 5.74) is 3.05. The Morgan fingerprint density at radius 2 is 2.04 bits per heavy atom. The van der Waals surface area contributed by atoms with E-state index >= 15 is 0 Å². The number of hydrogen-bond donors (Lipinski definition) is 0. The molecule has 0 radical (unpaired) electrons. The molecule has 4 nitrogen and oxygen atoms in total. The summed E-state index contributed by atoms with van der Waals surface area (Å²) < 4.78 is 32.6. The van der Waals surface area contributed by atoms with Crippen molar-refractivity contribution in [2.45, 2.75) is 38.7 Å². The molecule has 23 heavy (non-hydrogen) atoms. The van der Waals surface area contributed by atoms with Crippen LogP contribution in [0.4, 0.5) is 8.78 Å². The molecule has 0 atom stereocenters. The van der Waals surface area contributed by atoms with Gasteiger partial charge in [-0.05, 0) is 55.0 Å². The van der Waals surface area contributed by atoms with Crippen molar-refractivity contribution in [3.05, 3.63) is 48.1 Å². The summed E-state index contributed by atoms with van der Waals surface area (Å²) >= 11 is 0. The summed E-state index contributed by atoms with van der Waals surface area (Å²) in [4.78, 5) is 4.03. The molecule has 0 aliphatic heterocycles. The molecule has 0 bridgehead atoms. The van der Waals surface area contributed by atoms with E-state index < -0.39 is 6.43 Å². The molecule has 3 rings (SSSR count). The number of pyridine rings is 1. The fourth-order valence-electron chi connectivity index (χ4n) is 2.90. The van der Waals surface area contributed by atoms with Crippen LogP contribution in [0.15, 0.2) is 42.4 Å². The van der Waals surface area contributed by atoms with E-state index in [4.69, 9.17) is 4.74 Å². The topological polar surface area (TPSA) is 39.9 Å². The average Bonchev–Trinajstić information content (AvgIpc) is 3.01. The lowest BCUT2D eigenvalue weighted by molar-refractivity contribution is 0.121. The molecule has 0 saturated carbocycles. The highest BCUT2D eigenvalue weighted by atomic mass is 19.3. The molecule has 0 unspecified atom stereocenters. The van der Waals surface area contributed by atoms with E-state index in [1.165, 1.54) is 4.68 Å². The van der Waals surface area contributed by atoms with Crippen molar-refractivity contribution in [2.24, 2.45) is 0 Å². The molecule has 122 valence electrons.